The summed E-state index contributed by atoms with van der Waals surface area (Å²) in [5.41, 5.74) is 6.23. The quantitative estimate of drug-likeness (QED) is 0.793. The number of rotatable bonds is 7. The Morgan fingerprint density at radius 2 is 2.00 bits per heavy atom. The molecule has 0 fully saturated rings. The van der Waals surface area contributed by atoms with E-state index in [0.717, 1.165) is 19.4 Å². The van der Waals surface area contributed by atoms with E-state index in [1.54, 1.807) is 18.2 Å². The van der Waals surface area contributed by atoms with Crippen molar-refractivity contribution in [2.75, 3.05) is 24.7 Å². The van der Waals surface area contributed by atoms with Crippen LogP contribution in [-0.4, -0.2) is 27.8 Å². The Morgan fingerprint density at radius 1 is 1.33 bits per heavy atom. The molecule has 4 nitrogen and oxygen atoms in total. The summed E-state index contributed by atoms with van der Waals surface area (Å²) in [6.45, 7) is 3.53. The van der Waals surface area contributed by atoms with Crippen LogP contribution in [0, 0.1) is 5.92 Å². The molecule has 0 spiro atoms. The van der Waals surface area contributed by atoms with Gasteiger partial charge in [-0.25, -0.2) is 8.42 Å². The SMILES string of the molecule is CCC(CCN)CNc1ccccc1S(C)(=O)=O. The average molecular weight is 270 g/mol. The molecule has 5 heteroatoms. The first kappa shape index (κ1) is 15.0. The zero-order valence-electron chi connectivity index (χ0n) is 11.0. The van der Waals surface area contributed by atoms with Crippen molar-refractivity contribution in [1.29, 1.82) is 0 Å². The zero-order valence-corrected chi connectivity index (χ0v) is 11.8. The monoisotopic (exact) mass is 270 g/mol. The molecule has 0 aliphatic rings. The summed E-state index contributed by atoms with van der Waals surface area (Å²) in [5, 5.41) is 3.22. The van der Waals surface area contributed by atoms with Gasteiger partial charge in [0.05, 0.1) is 10.6 Å². The van der Waals surface area contributed by atoms with Crippen LogP contribution in [0.2, 0.25) is 0 Å². The summed E-state index contributed by atoms with van der Waals surface area (Å²) < 4.78 is 23.3. The molecule has 0 bridgehead atoms. The highest BCUT2D eigenvalue weighted by Crippen LogP contribution is 2.21. The fourth-order valence-electron chi connectivity index (χ4n) is 1.88. The number of benzene rings is 1. The van der Waals surface area contributed by atoms with Gasteiger partial charge in [-0.15, -0.1) is 0 Å². The third kappa shape index (κ3) is 4.31. The predicted octanol–water partition coefficient (Wildman–Crippen LogP) is 1.88. The zero-order chi connectivity index (χ0) is 13.6. The summed E-state index contributed by atoms with van der Waals surface area (Å²) >= 11 is 0. The lowest BCUT2D eigenvalue weighted by atomic mass is 10.0. The maximum absolute atomic E-state index is 11.6. The Kier molecular flexibility index (Phi) is 5.62. The molecule has 0 radical (unpaired) electrons. The molecular weight excluding hydrogens is 248 g/mol. The van der Waals surface area contributed by atoms with E-state index < -0.39 is 9.84 Å². The van der Waals surface area contributed by atoms with Crippen molar-refractivity contribution < 1.29 is 8.42 Å². The molecule has 0 heterocycles. The van der Waals surface area contributed by atoms with Crippen molar-refractivity contribution in [3.8, 4) is 0 Å². The molecule has 0 aliphatic carbocycles. The molecule has 102 valence electrons. The van der Waals surface area contributed by atoms with Gasteiger partial charge < -0.3 is 11.1 Å². The maximum atomic E-state index is 11.6. The van der Waals surface area contributed by atoms with Crippen LogP contribution in [0.3, 0.4) is 0 Å². The molecule has 0 aliphatic heterocycles. The molecule has 1 aromatic carbocycles. The van der Waals surface area contributed by atoms with Crippen LogP contribution in [0.5, 0.6) is 0 Å². The van der Waals surface area contributed by atoms with E-state index in [9.17, 15) is 8.42 Å². The van der Waals surface area contributed by atoms with Crippen LogP contribution < -0.4 is 11.1 Å². The molecule has 0 saturated heterocycles. The van der Waals surface area contributed by atoms with Crippen LogP contribution in [-0.2, 0) is 9.84 Å². The number of nitrogens with one attached hydrogen (secondary N) is 1. The molecular formula is C13H22N2O2S. The van der Waals surface area contributed by atoms with Gasteiger partial charge in [0.25, 0.3) is 0 Å². The smallest absolute Gasteiger partial charge is 0.177 e. The number of hydrogen-bond donors (Lipinski definition) is 2. The number of nitrogens with two attached hydrogens (primary N) is 1. The molecule has 1 aromatic rings. The van der Waals surface area contributed by atoms with E-state index >= 15 is 0 Å². The van der Waals surface area contributed by atoms with Gasteiger partial charge in [-0.2, -0.15) is 0 Å². The van der Waals surface area contributed by atoms with Gasteiger partial charge in [0.15, 0.2) is 9.84 Å². The molecule has 3 N–H and O–H groups in total. The lowest BCUT2D eigenvalue weighted by molar-refractivity contribution is 0.501. The summed E-state index contributed by atoms with van der Waals surface area (Å²) in [6, 6.07) is 6.99. The topological polar surface area (TPSA) is 72.2 Å². The fraction of sp³-hybridized carbons (Fsp3) is 0.538. The Hall–Kier alpha value is -1.07. The number of para-hydroxylation sites is 1. The summed E-state index contributed by atoms with van der Waals surface area (Å²) in [7, 11) is -3.19. The lowest BCUT2D eigenvalue weighted by Gasteiger charge is -2.17. The van der Waals surface area contributed by atoms with E-state index in [2.05, 4.69) is 12.2 Å². The summed E-state index contributed by atoms with van der Waals surface area (Å²) in [5.74, 6) is 0.475. The molecule has 0 amide bonds. The van der Waals surface area contributed by atoms with Gasteiger partial charge in [0.2, 0.25) is 0 Å². The fourth-order valence-corrected chi connectivity index (χ4v) is 2.74. The number of anilines is 1. The Labute approximate surface area is 110 Å². The molecule has 1 atom stereocenters. The van der Waals surface area contributed by atoms with Gasteiger partial charge in [-0.3, -0.25) is 0 Å². The van der Waals surface area contributed by atoms with Crippen LogP contribution in [0.25, 0.3) is 0 Å². The standard InChI is InChI=1S/C13H22N2O2S/c1-3-11(8-9-14)10-15-12-6-4-5-7-13(12)18(2,16)17/h4-7,11,15H,3,8-10,14H2,1-2H3. The maximum Gasteiger partial charge on any atom is 0.177 e. The second-order valence-corrected chi connectivity index (χ2v) is 6.49. The van der Waals surface area contributed by atoms with Gasteiger partial charge >= 0.3 is 0 Å². The van der Waals surface area contributed by atoms with Crippen LogP contribution in [0.4, 0.5) is 5.69 Å². The Bertz CT molecular complexity index is 472. The molecule has 18 heavy (non-hydrogen) atoms. The highest BCUT2D eigenvalue weighted by molar-refractivity contribution is 7.90. The van der Waals surface area contributed by atoms with Crippen molar-refractivity contribution in [1.82, 2.24) is 0 Å². The first-order valence-electron chi connectivity index (χ1n) is 6.22. The Morgan fingerprint density at radius 3 is 2.56 bits per heavy atom. The first-order valence-corrected chi connectivity index (χ1v) is 8.11. The van der Waals surface area contributed by atoms with Crippen molar-refractivity contribution in [2.24, 2.45) is 11.7 Å². The minimum absolute atomic E-state index is 0.354. The second-order valence-electron chi connectivity index (χ2n) is 4.50. The van der Waals surface area contributed by atoms with Gasteiger partial charge in [0, 0.05) is 12.8 Å². The third-order valence-corrected chi connectivity index (χ3v) is 4.17. The van der Waals surface area contributed by atoms with E-state index in [1.165, 1.54) is 6.26 Å². The lowest BCUT2D eigenvalue weighted by Crippen LogP contribution is -2.18. The normalized spacial score (nSPS) is 13.3. The third-order valence-electron chi connectivity index (χ3n) is 3.02. The van der Waals surface area contributed by atoms with Crippen LogP contribution in [0.1, 0.15) is 19.8 Å². The summed E-state index contributed by atoms with van der Waals surface area (Å²) in [4.78, 5) is 0.354. The summed E-state index contributed by atoms with van der Waals surface area (Å²) in [6.07, 6.45) is 3.21. The molecule has 1 unspecified atom stereocenters. The Balaban J connectivity index is 2.79. The van der Waals surface area contributed by atoms with E-state index in [0.29, 0.717) is 23.0 Å². The predicted molar refractivity (Wildman–Crippen MR) is 75.5 cm³/mol. The average Bonchev–Trinajstić information content (AvgIpc) is 2.33. The number of hydrogen-bond acceptors (Lipinski definition) is 4. The van der Waals surface area contributed by atoms with E-state index in [4.69, 9.17) is 5.73 Å². The number of sulfone groups is 1. The van der Waals surface area contributed by atoms with Crippen molar-refractivity contribution in [3.63, 3.8) is 0 Å². The highest BCUT2D eigenvalue weighted by atomic mass is 32.2. The van der Waals surface area contributed by atoms with Crippen LogP contribution >= 0.6 is 0 Å². The second kappa shape index (κ2) is 6.75. The van der Waals surface area contributed by atoms with Crippen molar-refractivity contribution in [3.05, 3.63) is 24.3 Å². The van der Waals surface area contributed by atoms with Crippen molar-refractivity contribution >= 4 is 15.5 Å². The minimum atomic E-state index is -3.19. The van der Waals surface area contributed by atoms with E-state index in [1.807, 2.05) is 6.07 Å². The molecule has 1 rings (SSSR count). The van der Waals surface area contributed by atoms with Crippen LogP contribution in [0.15, 0.2) is 29.2 Å². The van der Waals surface area contributed by atoms with Gasteiger partial charge in [0.1, 0.15) is 0 Å². The minimum Gasteiger partial charge on any atom is -0.384 e. The first-order chi connectivity index (χ1) is 8.49. The molecule has 0 saturated carbocycles. The molecule has 0 aromatic heterocycles. The highest BCUT2D eigenvalue weighted by Gasteiger charge is 2.13. The van der Waals surface area contributed by atoms with E-state index in [-0.39, 0.29) is 0 Å². The van der Waals surface area contributed by atoms with Gasteiger partial charge in [-0.05, 0) is 31.0 Å². The van der Waals surface area contributed by atoms with Crippen molar-refractivity contribution in [2.45, 2.75) is 24.7 Å². The largest absolute Gasteiger partial charge is 0.384 e. The van der Waals surface area contributed by atoms with Gasteiger partial charge in [-0.1, -0.05) is 25.5 Å².